The Morgan fingerprint density at radius 3 is 2.75 bits per heavy atom. The number of carbonyl (C=O) groups is 1. The third-order valence-electron chi connectivity index (χ3n) is 7.40. The largest absolute Gasteiger partial charge is 0.341 e. The first-order chi connectivity index (χ1) is 15.6. The second-order valence-corrected chi connectivity index (χ2v) is 9.44. The first kappa shape index (κ1) is 20.8. The highest BCUT2D eigenvalue weighted by atomic mass is 16.2. The van der Waals surface area contributed by atoms with Crippen LogP contribution in [-0.2, 0) is 17.8 Å². The second-order valence-electron chi connectivity index (χ2n) is 9.44. The number of hydrogen-bond acceptors (Lipinski definition) is 3. The van der Waals surface area contributed by atoms with Crippen LogP contribution in [0.15, 0.2) is 48.5 Å². The highest BCUT2D eigenvalue weighted by Gasteiger charge is 2.39. The summed E-state index contributed by atoms with van der Waals surface area (Å²) in [6.07, 6.45) is 7.27. The summed E-state index contributed by atoms with van der Waals surface area (Å²) in [6.45, 7) is 2.82. The number of fused-ring (bicyclic) bond motifs is 2. The van der Waals surface area contributed by atoms with E-state index >= 15 is 0 Å². The Hall–Kier alpha value is -3.10. The highest BCUT2D eigenvalue weighted by Crippen LogP contribution is 2.41. The molecule has 32 heavy (non-hydrogen) atoms. The number of benzene rings is 2. The van der Waals surface area contributed by atoms with Crippen LogP contribution in [0.3, 0.4) is 0 Å². The first-order valence-corrected chi connectivity index (χ1v) is 11.8. The van der Waals surface area contributed by atoms with Gasteiger partial charge in [0, 0.05) is 24.0 Å². The summed E-state index contributed by atoms with van der Waals surface area (Å²) in [6, 6.07) is 18.4. The van der Waals surface area contributed by atoms with E-state index in [1.807, 2.05) is 36.4 Å². The van der Waals surface area contributed by atoms with Crippen LogP contribution in [0, 0.1) is 16.7 Å². The molecule has 5 heteroatoms. The average Bonchev–Trinajstić information content (AvgIpc) is 3.25. The van der Waals surface area contributed by atoms with E-state index in [1.165, 1.54) is 17.5 Å². The minimum atomic E-state index is -0.291. The number of hydrogen-bond donors (Lipinski definition) is 2. The van der Waals surface area contributed by atoms with Crippen molar-refractivity contribution in [2.45, 2.75) is 51.5 Å². The predicted molar refractivity (Wildman–Crippen MR) is 127 cm³/mol. The topological polar surface area (TPSA) is 71.9 Å². The number of aromatic nitrogens is 1. The number of carbonyl (C=O) groups excluding carboxylic acids is 1. The van der Waals surface area contributed by atoms with Crippen LogP contribution in [0.4, 0.5) is 5.82 Å². The SMILES string of the molecule is N#Cc1ccc2c(c1)CCN(CCC1(C(=O)Nc3cc4ccccc4[nH]3)CCCCC1)C2. The quantitative estimate of drug-likeness (QED) is 0.576. The number of aromatic amines is 1. The van der Waals surface area contributed by atoms with E-state index in [9.17, 15) is 4.79 Å². The van der Waals surface area contributed by atoms with Gasteiger partial charge in [-0.25, -0.2) is 0 Å². The van der Waals surface area contributed by atoms with Crippen LogP contribution in [0.25, 0.3) is 10.9 Å². The third kappa shape index (κ3) is 4.16. The Morgan fingerprint density at radius 2 is 1.94 bits per heavy atom. The molecule has 5 rings (SSSR count). The van der Waals surface area contributed by atoms with E-state index in [2.05, 4.69) is 33.4 Å². The molecule has 0 atom stereocenters. The lowest BCUT2D eigenvalue weighted by atomic mass is 9.71. The van der Waals surface area contributed by atoms with E-state index < -0.39 is 0 Å². The van der Waals surface area contributed by atoms with Gasteiger partial charge >= 0.3 is 0 Å². The van der Waals surface area contributed by atoms with Crippen LogP contribution in [0.5, 0.6) is 0 Å². The number of nitriles is 1. The standard InChI is InChI=1S/C27H30N4O/c28-18-20-8-9-23-19-31(14-10-21(23)16-20)15-13-27(11-4-1-5-12-27)26(32)30-25-17-22-6-2-3-7-24(22)29-25/h2-3,6-9,16-17,29H,1,4-5,10-15,19H2,(H,30,32). The van der Waals surface area contributed by atoms with Gasteiger partial charge in [-0.1, -0.05) is 43.5 Å². The zero-order chi connectivity index (χ0) is 22.0. The fourth-order valence-electron chi connectivity index (χ4n) is 5.46. The second kappa shape index (κ2) is 8.80. The van der Waals surface area contributed by atoms with Crippen LogP contribution in [-0.4, -0.2) is 28.9 Å². The average molecular weight is 427 g/mol. The fraction of sp³-hybridized carbons (Fsp3) is 0.407. The molecule has 1 saturated carbocycles. The lowest BCUT2D eigenvalue weighted by molar-refractivity contribution is -0.128. The molecular formula is C27H30N4O. The van der Waals surface area contributed by atoms with Crippen LogP contribution < -0.4 is 5.32 Å². The summed E-state index contributed by atoms with van der Waals surface area (Å²) in [5.41, 5.74) is 4.11. The van der Waals surface area contributed by atoms with E-state index in [0.29, 0.717) is 0 Å². The number of nitrogens with zero attached hydrogens (tertiary/aromatic N) is 2. The molecule has 2 N–H and O–H groups in total. The van der Waals surface area contributed by atoms with Gasteiger partial charge in [0.1, 0.15) is 5.82 Å². The summed E-state index contributed by atoms with van der Waals surface area (Å²) >= 11 is 0. The number of rotatable bonds is 5. The van der Waals surface area contributed by atoms with Crippen molar-refractivity contribution in [2.75, 3.05) is 18.4 Å². The van der Waals surface area contributed by atoms with Crippen molar-refractivity contribution in [3.05, 3.63) is 65.2 Å². The monoisotopic (exact) mass is 426 g/mol. The molecular weight excluding hydrogens is 396 g/mol. The minimum Gasteiger partial charge on any atom is -0.341 e. The maximum absolute atomic E-state index is 13.5. The van der Waals surface area contributed by atoms with Crippen molar-refractivity contribution in [3.8, 4) is 6.07 Å². The highest BCUT2D eigenvalue weighted by molar-refractivity contribution is 5.97. The lowest BCUT2D eigenvalue weighted by Crippen LogP contribution is -2.42. The van der Waals surface area contributed by atoms with E-state index in [0.717, 1.165) is 80.4 Å². The molecule has 1 aliphatic carbocycles. The zero-order valence-corrected chi connectivity index (χ0v) is 18.5. The number of amides is 1. The van der Waals surface area contributed by atoms with E-state index in [-0.39, 0.29) is 11.3 Å². The maximum atomic E-state index is 13.5. The molecule has 1 aromatic heterocycles. The van der Waals surface area contributed by atoms with Gasteiger partial charge in [0.25, 0.3) is 0 Å². The molecule has 1 aliphatic heterocycles. The van der Waals surface area contributed by atoms with Gasteiger partial charge < -0.3 is 10.3 Å². The van der Waals surface area contributed by atoms with E-state index in [1.54, 1.807) is 0 Å². The Morgan fingerprint density at radius 1 is 1.09 bits per heavy atom. The van der Waals surface area contributed by atoms with Crippen molar-refractivity contribution < 1.29 is 4.79 Å². The molecule has 0 spiro atoms. The molecule has 0 radical (unpaired) electrons. The Bertz CT molecular complexity index is 1130. The maximum Gasteiger partial charge on any atom is 0.231 e. The molecule has 0 bridgehead atoms. The predicted octanol–water partition coefficient (Wildman–Crippen LogP) is 5.38. The molecule has 2 aliphatic rings. The van der Waals surface area contributed by atoms with Gasteiger partial charge in [0.15, 0.2) is 0 Å². The summed E-state index contributed by atoms with van der Waals surface area (Å²) in [5, 5.41) is 13.5. The van der Waals surface area contributed by atoms with Gasteiger partial charge in [-0.15, -0.1) is 0 Å². The Labute approximate surface area is 189 Å². The van der Waals surface area contributed by atoms with Gasteiger partial charge in [-0.05, 0) is 67.6 Å². The molecule has 1 amide bonds. The van der Waals surface area contributed by atoms with Crippen molar-refractivity contribution in [1.82, 2.24) is 9.88 Å². The molecule has 164 valence electrons. The molecule has 2 heterocycles. The summed E-state index contributed by atoms with van der Waals surface area (Å²) in [7, 11) is 0. The molecule has 1 fully saturated rings. The Kier molecular flexibility index (Phi) is 5.71. The fourth-order valence-corrected chi connectivity index (χ4v) is 5.46. The van der Waals surface area contributed by atoms with Crippen LogP contribution in [0.1, 0.15) is 55.2 Å². The molecule has 2 aromatic carbocycles. The molecule has 0 saturated heterocycles. The third-order valence-corrected chi connectivity index (χ3v) is 7.40. The summed E-state index contributed by atoms with van der Waals surface area (Å²) in [4.78, 5) is 19.3. The van der Waals surface area contributed by atoms with Crippen molar-refractivity contribution in [1.29, 1.82) is 5.26 Å². The zero-order valence-electron chi connectivity index (χ0n) is 18.5. The number of H-pyrrole nitrogens is 1. The van der Waals surface area contributed by atoms with Crippen molar-refractivity contribution in [3.63, 3.8) is 0 Å². The Balaban J connectivity index is 1.27. The van der Waals surface area contributed by atoms with Gasteiger partial charge in [0.05, 0.1) is 17.0 Å². The lowest BCUT2D eigenvalue weighted by Gasteiger charge is -2.38. The van der Waals surface area contributed by atoms with Crippen molar-refractivity contribution >= 4 is 22.6 Å². The molecule has 0 unspecified atom stereocenters. The van der Waals surface area contributed by atoms with Gasteiger partial charge in [-0.2, -0.15) is 5.26 Å². The number of nitrogens with one attached hydrogen (secondary N) is 2. The number of anilines is 1. The summed E-state index contributed by atoms with van der Waals surface area (Å²) in [5.74, 6) is 0.959. The summed E-state index contributed by atoms with van der Waals surface area (Å²) < 4.78 is 0. The molecule has 5 nitrogen and oxygen atoms in total. The van der Waals surface area contributed by atoms with Crippen LogP contribution >= 0.6 is 0 Å². The van der Waals surface area contributed by atoms with Gasteiger partial charge in [0.2, 0.25) is 5.91 Å². The van der Waals surface area contributed by atoms with E-state index in [4.69, 9.17) is 5.26 Å². The minimum absolute atomic E-state index is 0.167. The van der Waals surface area contributed by atoms with Gasteiger partial charge in [-0.3, -0.25) is 9.69 Å². The normalized spacial score (nSPS) is 18.1. The van der Waals surface area contributed by atoms with Crippen LogP contribution in [0.2, 0.25) is 0 Å². The number of para-hydroxylation sites is 1. The first-order valence-electron chi connectivity index (χ1n) is 11.8. The molecule has 3 aromatic rings. The smallest absolute Gasteiger partial charge is 0.231 e. The van der Waals surface area contributed by atoms with Crippen molar-refractivity contribution in [2.24, 2.45) is 5.41 Å².